The van der Waals surface area contributed by atoms with Crippen LogP contribution in [0.3, 0.4) is 0 Å². The molecule has 0 saturated heterocycles. The van der Waals surface area contributed by atoms with Crippen molar-refractivity contribution in [3.8, 4) is 0 Å². The number of carboxylic acid groups (broad SMARTS) is 6. The van der Waals surface area contributed by atoms with E-state index in [9.17, 15) is 132 Å². The van der Waals surface area contributed by atoms with E-state index in [1.54, 1.807) is 5.32 Å². The zero-order valence-electron chi connectivity index (χ0n) is 46.3. The van der Waals surface area contributed by atoms with Crippen LogP contribution in [0, 0.1) is 0 Å². The predicted octanol–water partition coefficient (Wildman–Crippen LogP) is -12.6. The zero-order valence-corrected chi connectivity index (χ0v) is 46.3. The molecule has 0 saturated carbocycles. The Bertz CT molecular complexity index is 2720. The molecule has 0 aliphatic carbocycles. The third-order valence-corrected chi connectivity index (χ3v) is 11.2. The van der Waals surface area contributed by atoms with Gasteiger partial charge in [-0.15, -0.1) is 0 Å². The van der Waals surface area contributed by atoms with E-state index >= 15 is 0 Å². The second kappa shape index (κ2) is 38.1. The van der Waals surface area contributed by atoms with Crippen LogP contribution in [0.5, 0.6) is 0 Å². The molecule has 25 N–H and O–H groups in total. The van der Waals surface area contributed by atoms with Crippen molar-refractivity contribution in [2.75, 3.05) is 13.2 Å². The van der Waals surface area contributed by atoms with Crippen LogP contribution >= 0.6 is 0 Å². The molecule has 0 aliphatic heterocycles. The summed E-state index contributed by atoms with van der Waals surface area (Å²) in [6, 6.07) is -23.0. The molecule has 42 heteroatoms. The van der Waals surface area contributed by atoms with Crippen molar-refractivity contribution >= 4 is 119 Å². The molecule has 0 aromatic heterocycles. The van der Waals surface area contributed by atoms with Crippen molar-refractivity contribution < 1.29 is 137 Å². The van der Waals surface area contributed by atoms with Gasteiger partial charge in [-0.1, -0.05) is 0 Å². The second-order valence-corrected chi connectivity index (χ2v) is 18.4. The molecule has 0 aromatic rings. The summed E-state index contributed by atoms with van der Waals surface area (Å²) in [7, 11) is 0. The van der Waals surface area contributed by atoms with Crippen LogP contribution in [0.25, 0.3) is 0 Å². The number of carbonyl (C=O) groups excluding carboxylic acids is 14. The van der Waals surface area contributed by atoms with Crippen LogP contribution in [-0.4, -0.2) is 239 Å². The molecule has 42 nitrogen and oxygen atoms in total. The van der Waals surface area contributed by atoms with Gasteiger partial charge < -0.3 is 117 Å². The van der Waals surface area contributed by atoms with Gasteiger partial charge in [-0.3, -0.25) is 91.1 Å². The monoisotopic (exact) mass is 1260 g/mol. The van der Waals surface area contributed by atoms with Crippen LogP contribution < -0.4 is 75.7 Å². The van der Waals surface area contributed by atoms with Crippen LogP contribution in [0.1, 0.15) is 71.6 Å². The molecule has 0 fully saturated rings. The van der Waals surface area contributed by atoms with E-state index < -0.39 is 256 Å². The Hall–Kier alpha value is -10.9. The number of aliphatic hydroxyl groups excluding tert-OH is 2. The van der Waals surface area contributed by atoms with E-state index in [1.807, 2.05) is 42.5 Å². The summed E-state index contributed by atoms with van der Waals surface area (Å²) in [5.74, 6) is -30.3. The summed E-state index contributed by atoms with van der Waals surface area (Å²) < 4.78 is 0. The first kappa shape index (κ1) is 77.1. The number of amides is 14. The second-order valence-electron chi connectivity index (χ2n) is 18.4. The van der Waals surface area contributed by atoms with Crippen molar-refractivity contribution in [1.82, 2.24) is 58.5 Å². The summed E-state index contributed by atoms with van der Waals surface area (Å²) in [6.07, 6.45) is -8.78. The Kier molecular flexibility index (Phi) is 33.4. The first-order valence-corrected chi connectivity index (χ1v) is 25.2. The van der Waals surface area contributed by atoms with Gasteiger partial charge in [0, 0.05) is 25.8 Å². The molecular weight excluding hydrogens is 1200 g/mol. The summed E-state index contributed by atoms with van der Waals surface area (Å²) in [4.78, 5) is 250. The fraction of sp³-hybridized carbons (Fsp3) is 0.522. The van der Waals surface area contributed by atoms with E-state index in [4.69, 9.17) is 22.3 Å². The Labute approximate surface area is 493 Å². The highest BCUT2D eigenvalue weighted by molar-refractivity contribution is 6.02. The van der Waals surface area contributed by atoms with E-state index in [1.165, 1.54) is 0 Å². The number of rotatable bonds is 42. The molecule has 0 rings (SSSR count). The van der Waals surface area contributed by atoms with Crippen LogP contribution in [0.15, 0.2) is 12.2 Å². The zero-order chi connectivity index (χ0) is 67.9. The molecule has 0 radical (unpaired) electrons. The van der Waals surface area contributed by atoms with Crippen LogP contribution in [0.4, 0.5) is 0 Å². The van der Waals surface area contributed by atoms with Gasteiger partial charge >= 0.3 is 35.8 Å². The van der Waals surface area contributed by atoms with Crippen molar-refractivity contribution in [1.29, 1.82) is 0 Å². The average molecular weight is 1260 g/mol. The molecule has 0 aromatic carbocycles. The third-order valence-electron chi connectivity index (χ3n) is 11.2. The van der Waals surface area contributed by atoms with Crippen LogP contribution in [0.2, 0.25) is 0 Å². The van der Waals surface area contributed by atoms with E-state index in [-0.39, 0.29) is 6.08 Å². The van der Waals surface area contributed by atoms with E-state index in [0.717, 1.165) is 13.8 Å². The quantitative estimate of drug-likeness (QED) is 0.0252. The Morgan fingerprint density at radius 3 is 0.920 bits per heavy atom. The normalized spacial score (nSPS) is 14.5. The number of aliphatic carboxylic acids is 6. The van der Waals surface area contributed by atoms with Gasteiger partial charge in [0.05, 0.1) is 45.3 Å². The van der Waals surface area contributed by atoms with Gasteiger partial charge in [-0.05, 0) is 25.8 Å². The van der Waals surface area contributed by atoms with Crippen molar-refractivity contribution in [2.24, 2.45) is 17.2 Å². The van der Waals surface area contributed by atoms with Gasteiger partial charge in [0.25, 0.3) is 0 Å². The minimum atomic E-state index is -2.41. The maximum absolute atomic E-state index is 13.6. The lowest BCUT2D eigenvalue weighted by atomic mass is 10.1. The fourth-order valence-electron chi connectivity index (χ4n) is 6.87. The van der Waals surface area contributed by atoms with Gasteiger partial charge in [-0.2, -0.15) is 0 Å². The Morgan fingerprint density at radius 2 is 0.625 bits per heavy atom. The number of nitrogens with one attached hydrogen (secondary N) is 11. The molecule has 0 aliphatic rings. The molecule has 0 bridgehead atoms. The Balaban J connectivity index is 6.80. The summed E-state index contributed by atoms with van der Waals surface area (Å²) in [5, 5.41) is 97.5. The highest BCUT2D eigenvalue weighted by Gasteiger charge is 2.38. The minimum Gasteiger partial charge on any atom is -0.481 e. The number of hydrogen-bond acceptors (Lipinski definition) is 22. The van der Waals surface area contributed by atoms with Crippen LogP contribution in [-0.2, 0) is 95.9 Å². The highest BCUT2D eigenvalue weighted by Crippen LogP contribution is 2.08. The number of carboxylic acids is 6. The smallest absolute Gasteiger partial charge is 0.328 e. The molecule has 0 heterocycles. The topological polar surface area (TPSA) is 714 Å². The summed E-state index contributed by atoms with van der Waals surface area (Å²) >= 11 is 0. The van der Waals surface area contributed by atoms with E-state index in [2.05, 4.69) is 10.6 Å². The molecule has 3 unspecified atom stereocenters. The van der Waals surface area contributed by atoms with E-state index in [0.29, 0.717) is 6.08 Å². The standard InChI is InChI=1S/C46H66N14O28/c1-16(36(49)78)50-37(79)18(3-6-30(66)67)52-38(80)19(4-7-31(68)69)53-42(84)23(11-33(72)73)58-46(88)27(15-62)59-41(83)22(10-29(48)65)55-43(85)24(12-34(74)75)56-39(81)20(5-8-32(70)71)54-45(87)26(14-61)60-44(86)25(13-35(76)77)57-40(82)21(9-28(47)64)51-17(2)63/h5,8,16,18-27,61-62H,3-4,6-7,9-15H2,1-2H3,(H2,47,64)(H2,48,65)(H2,49,78)(H,50,79)(H,51,63)(H,52,80)(H,53,84)(H,54,87)(H,55,85)(H,56,81)(H,57,82)(H,58,88)(H,59,83)(H,60,86)(H,66,67)(H,68,69)(H,70,71)(H,72,73)(H,74,75)(H,76,77)/b8-5+/t16-,18?,19-,20?,21-,22-,23+,24-,25?,26-,27-/m1/s1. The van der Waals surface area contributed by atoms with Crippen molar-refractivity contribution in [2.45, 2.75) is 138 Å². The fourth-order valence-corrected chi connectivity index (χ4v) is 6.87. The molecular formula is C46H66N14O28. The SMILES string of the molecule is CC(=O)N[C@H](CC(N)=O)C(=O)NC(CC(=O)O)C(=O)N[C@H](CO)C(=O)NC(/C=C/C(=O)O)C(=O)N[C@H](CC(=O)O)C(=O)N[C@H](CC(N)=O)C(=O)N[C@H](CO)C(=O)N[C@@H](CC(=O)O)C(=O)N[C@H](CCC(=O)O)C(=O)NC(CCC(=O)O)C(=O)N[C@H](C)C(N)=O. The molecule has 88 heavy (non-hydrogen) atoms. The number of carbonyl (C=O) groups is 20. The number of nitrogens with two attached hydrogens (primary N) is 3. The van der Waals surface area contributed by atoms with Gasteiger partial charge in [0.1, 0.15) is 66.5 Å². The molecule has 11 atom stereocenters. The summed E-state index contributed by atoms with van der Waals surface area (Å²) in [5.41, 5.74) is 15.4. The first-order valence-electron chi connectivity index (χ1n) is 25.2. The first-order chi connectivity index (χ1) is 40.8. The maximum Gasteiger partial charge on any atom is 0.328 e. The lowest BCUT2D eigenvalue weighted by Crippen LogP contribution is -2.61. The molecule has 488 valence electrons. The largest absolute Gasteiger partial charge is 0.481 e. The van der Waals surface area contributed by atoms with Crippen molar-refractivity contribution in [3.63, 3.8) is 0 Å². The third kappa shape index (κ3) is 30.6. The number of aliphatic hydroxyl groups is 2. The lowest BCUT2D eigenvalue weighted by Gasteiger charge is -2.27. The van der Waals surface area contributed by atoms with Gasteiger partial charge in [0.2, 0.25) is 82.7 Å². The highest BCUT2D eigenvalue weighted by atomic mass is 16.4. The number of primary amides is 3. The number of hydrogen-bond donors (Lipinski definition) is 22. The molecule has 0 spiro atoms. The Morgan fingerprint density at radius 1 is 0.352 bits per heavy atom. The maximum atomic E-state index is 13.6. The van der Waals surface area contributed by atoms with Gasteiger partial charge in [-0.25, -0.2) is 4.79 Å². The molecule has 14 amide bonds. The summed E-state index contributed by atoms with van der Waals surface area (Å²) in [6.45, 7) is -0.842. The van der Waals surface area contributed by atoms with Gasteiger partial charge in [0.15, 0.2) is 0 Å². The average Bonchev–Trinajstić information content (AvgIpc) is 2.85. The lowest BCUT2D eigenvalue weighted by molar-refractivity contribution is -0.143. The van der Waals surface area contributed by atoms with Crippen molar-refractivity contribution in [3.05, 3.63) is 12.2 Å². The predicted molar refractivity (Wildman–Crippen MR) is 281 cm³/mol. The minimum absolute atomic E-state index is 0.208.